The molecule has 4 heterocycles. The van der Waals surface area contributed by atoms with Gasteiger partial charge in [-0.05, 0) is 32.7 Å². The molecule has 7 nitrogen and oxygen atoms in total. The molecular formula is C18H27N5O2S. The van der Waals surface area contributed by atoms with Gasteiger partial charge in [0, 0.05) is 56.5 Å². The summed E-state index contributed by atoms with van der Waals surface area (Å²) in [5, 5.41) is 3.75. The lowest BCUT2D eigenvalue weighted by molar-refractivity contribution is -0.121. The SMILES string of the molecule is CN1CCc2nc(NC(=O)C3CCN(C(=O)N4CCCC4)CC3)sc2C1. The first-order valence-electron chi connectivity index (χ1n) is 9.62. The van der Waals surface area contributed by atoms with Crippen LogP contribution in [0.25, 0.3) is 0 Å². The normalized spacial score (nSPS) is 21.7. The minimum Gasteiger partial charge on any atom is -0.325 e. The number of amides is 3. The molecule has 4 rings (SSSR count). The number of aromatic nitrogens is 1. The number of rotatable bonds is 2. The number of hydrogen-bond donors (Lipinski definition) is 1. The van der Waals surface area contributed by atoms with Crippen molar-refractivity contribution in [2.24, 2.45) is 5.92 Å². The molecule has 142 valence electrons. The third-order valence-electron chi connectivity index (χ3n) is 5.67. The fraction of sp³-hybridized carbons (Fsp3) is 0.722. The van der Waals surface area contributed by atoms with E-state index in [9.17, 15) is 9.59 Å². The minimum absolute atomic E-state index is 0.0266. The zero-order valence-electron chi connectivity index (χ0n) is 15.4. The number of urea groups is 1. The average molecular weight is 378 g/mol. The van der Waals surface area contributed by atoms with Crippen LogP contribution < -0.4 is 5.32 Å². The van der Waals surface area contributed by atoms with E-state index in [0.29, 0.717) is 13.1 Å². The lowest BCUT2D eigenvalue weighted by Crippen LogP contribution is -2.47. The van der Waals surface area contributed by atoms with Crippen LogP contribution in [0.3, 0.4) is 0 Å². The van der Waals surface area contributed by atoms with Crippen LogP contribution in [0.1, 0.15) is 36.3 Å². The van der Waals surface area contributed by atoms with Gasteiger partial charge in [-0.15, -0.1) is 11.3 Å². The zero-order valence-corrected chi connectivity index (χ0v) is 16.2. The van der Waals surface area contributed by atoms with E-state index < -0.39 is 0 Å². The summed E-state index contributed by atoms with van der Waals surface area (Å²) in [5.74, 6) is 0.0268. The molecule has 0 atom stereocenters. The molecular weight excluding hydrogens is 350 g/mol. The lowest BCUT2D eigenvalue weighted by Gasteiger charge is -2.33. The maximum Gasteiger partial charge on any atom is 0.319 e. The van der Waals surface area contributed by atoms with Crippen molar-refractivity contribution in [2.45, 2.75) is 38.6 Å². The molecule has 3 aliphatic rings. The molecule has 2 saturated heterocycles. The van der Waals surface area contributed by atoms with Crippen LogP contribution in [-0.2, 0) is 17.8 Å². The summed E-state index contributed by atoms with van der Waals surface area (Å²) in [6, 6.07) is 0.151. The Morgan fingerprint density at radius 1 is 1.08 bits per heavy atom. The summed E-state index contributed by atoms with van der Waals surface area (Å²) < 4.78 is 0. The summed E-state index contributed by atoms with van der Waals surface area (Å²) in [6.45, 7) is 5.04. The topological polar surface area (TPSA) is 68.8 Å². The molecule has 8 heteroatoms. The number of nitrogens with one attached hydrogen (secondary N) is 1. The maximum atomic E-state index is 12.6. The summed E-state index contributed by atoms with van der Waals surface area (Å²) >= 11 is 1.60. The Bertz CT molecular complexity index is 677. The van der Waals surface area contributed by atoms with Crippen LogP contribution in [0.4, 0.5) is 9.93 Å². The van der Waals surface area contributed by atoms with Crippen molar-refractivity contribution in [3.05, 3.63) is 10.6 Å². The largest absolute Gasteiger partial charge is 0.325 e. The van der Waals surface area contributed by atoms with Crippen LogP contribution in [0, 0.1) is 5.92 Å². The quantitative estimate of drug-likeness (QED) is 0.856. The van der Waals surface area contributed by atoms with E-state index in [1.807, 2.05) is 9.80 Å². The van der Waals surface area contributed by atoms with E-state index >= 15 is 0 Å². The first-order valence-corrected chi connectivity index (χ1v) is 10.4. The Balaban J connectivity index is 1.29. The van der Waals surface area contributed by atoms with Crippen molar-refractivity contribution in [3.8, 4) is 0 Å². The lowest BCUT2D eigenvalue weighted by atomic mass is 9.96. The number of nitrogens with zero attached hydrogens (tertiary/aromatic N) is 4. The number of fused-ring (bicyclic) bond motifs is 1. The number of anilines is 1. The van der Waals surface area contributed by atoms with Gasteiger partial charge in [0.15, 0.2) is 5.13 Å². The Morgan fingerprint density at radius 3 is 2.50 bits per heavy atom. The molecule has 0 bridgehead atoms. The maximum absolute atomic E-state index is 12.6. The Morgan fingerprint density at radius 2 is 1.77 bits per heavy atom. The van der Waals surface area contributed by atoms with Crippen molar-refractivity contribution in [1.29, 1.82) is 0 Å². The number of likely N-dealkylation sites (N-methyl/N-ethyl adjacent to an activating group) is 1. The van der Waals surface area contributed by atoms with Crippen LogP contribution in [0.2, 0.25) is 0 Å². The van der Waals surface area contributed by atoms with Crippen molar-refractivity contribution in [3.63, 3.8) is 0 Å². The van der Waals surface area contributed by atoms with Crippen molar-refractivity contribution >= 4 is 28.4 Å². The van der Waals surface area contributed by atoms with Crippen LogP contribution in [0.15, 0.2) is 0 Å². The summed E-state index contributed by atoms with van der Waals surface area (Å²) in [5.41, 5.74) is 1.13. The molecule has 0 unspecified atom stereocenters. The smallest absolute Gasteiger partial charge is 0.319 e. The van der Waals surface area contributed by atoms with Gasteiger partial charge in [-0.25, -0.2) is 9.78 Å². The van der Waals surface area contributed by atoms with E-state index in [4.69, 9.17) is 0 Å². The van der Waals surface area contributed by atoms with Gasteiger partial charge in [0.25, 0.3) is 0 Å². The van der Waals surface area contributed by atoms with Gasteiger partial charge < -0.3 is 20.0 Å². The van der Waals surface area contributed by atoms with E-state index in [1.165, 1.54) is 4.88 Å². The van der Waals surface area contributed by atoms with E-state index in [0.717, 1.165) is 69.1 Å². The second kappa shape index (κ2) is 7.52. The molecule has 0 aliphatic carbocycles. The third-order valence-corrected chi connectivity index (χ3v) is 6.66. The second-order valence-electron chi connectivity index (χ2n) is 7.60. The highest BCUT2D eigenvalue weighted by molar-refractivity contribution is 7.15. The summed E-state index contributed by atoms with van der Waals surface area (Å²) in [4.78, 5) is 37.1. The minimum atomic E-state index is -0.0266. The predicted molar refractivity (Wildman–Crippen MR) is 101 cm³/mol. The Kier molecular flexibility index (Phi) is 5.13. The van der Waals surface area contributed by atoms with Gasteiger partial charge in [-0.2, -0.15) is 0 Å². The van der Waals surface area contributed by atoms with Gasteiger partial charge in [0.2, 0.25) is 5.91 Å². The number of hydrogen-bond acceptors (Lipinski definition) is 5. The second-order valence-corrected chi connectivity index (χ2v) is 8.69. The highest BCUT2D eigenvalue weighted by atomic mass is 32.1. The monoisotopic (exact) mass is 377 g/mol. The third kappa shape index (κ3) is 3.71. The molecule has 1 aromatic rings. The number of carbonyl (C=O) groups is 2. The van der Waals surface area contributed by atoms with Gasteiger partial charge in [0.05, 0.1) is 5.69 Å². The Hall–Kier alpha value is -1.67. The molecule has 0 spiro atoms. The number of piperidine rings is 1. The van der Waals surface area contributed by atoms with Crippen LogP contribution in [0.5, 0.6) is 0 Å². The standard InChI is InChI=1S/C18H27N5O2S/c1-21-9-6-14-15(12-21)26-17(19-14)20-16(24)13-4-10-23(11-5-13)18(25)22-7-2-3-8-22/h13H,2-12H2,1H3,(H,19,20,24). The van der Waals surface area contributed by atoms with E-state index in [1.54, 1.807) is 11.3 Å². The van der Waals surface area contributed by atoms with Gasteiger partial charge in [-0.3, -0.25) is 4.79 Å². The number of carbonyl (C=O) groups excluding carboxylic acids is 2. The molecule has 2 fully saturated rings. The highest BCUT2D eigenvalue weighted by Crippen LogP contribution is 2.29. The van der Waals surface area contributed by atoms with Crippen molar-refractivity contribution in [1.82, 2.24) is 19.7 Å². The predicted octanol–water partition coefficient (Wildman–Crippen LogP) is 2.00. The van der Waals surface area contributed by atoms with Crippen molar-refractivity contribution < 1.29 is 9.59 Å². The molecule has 3 aliphatic heterocycles. The summed E-state index contributed by atoms with van der Waals surface area (Å²) in [6.07, 6.45) is 4.64. The van der Waals surface area contributed by atoms with Crippen molar-refractivity contribution in [2.75, 3.05) is 45.1 Å². The van der Waals surface area contributed by atoms with E-state index in [-0.39, 0.29) is 17.9 Å². The molecule has 0 radical (unpaired) electrons. The fourth-order valence-electron chi connectivity index (χ4n) is 4.03. The fourth-order valence-corrected chi connectivity index (χ4v) is 5.12. The van der Waals surface area contributed by atoms with E-state index in [2.05, 4.69) is 22.2 Å². The first-order chi connectivity index (χ1) is 12.6. The molecule has 0 saturated carbocycles. The van der Waals surface area contributed by atoms with Crippen LogP contribution >= 0.6 is 11.3 Å². The van der Waals surface area contributed by atoms with Gasteiger partial charge in [-0.1, -0.05) is 0 Å². The van der Waals surface area contributed by atoms with Gasteiger partial charge >= 0.3 is 6.03 Å². The average Bonchev–Trinajstić information content (AvgIpc) is 3.30. The number of thiazole rings is 1. The molecule has 26 heavy (non-hydrogen) atoms. The molecule has 3 amide bonds. The molecule has 0 aromatic carbocycles. The molecule has 1 N–H and O–H groups in total. The first kappa shape index (κ1) is 17.7. The van der Waals surface area contributed by atoms with Crippen LogP contribution in [-0.4, -0.2) is 71.4 Å². The zero-order chi connectivity index (χ0) is 18.1. The summed E-state index contributed by atoms with van der Waals surface area (Å²) in [7, 11) is 2.11. The highest BCUT2D eigenvalue weighted by Gasteiger charge is 2.31. The Labute approximate surface area is 158 Å². The molecule has 1 aromatic heterocycles. The van der Waals surface area contributed by atoms with Gasteiger partial charge in [0.1, 0.15) is 0 Å². The number of likely N-dealkylation sites (tertiary alicyclic amines) is 2.